The molecule has 0 N–H and O–H groups in total. The molecule has 0 unspecified atom stereocenters. The van der Waals surface area contributed by atoms with E-state index in [0.717, 1.165) is 54.7 Å². The number of piperazine rings is 1. The van der Waals surface area contributed by atoms with E-state index < -0.39 is 0 Å². The second-order valence-electron chi connectivity index (χ2n) is 4.95. The van der Waals surface area contributed by atoms with E-state index in [-0.39, 0.29) is 5.82 Å². The van der Waals surface area contributed by atoms with Gasteiger partial charge < -0.3 is 9.80 Å². The molecule has 100 valence electrons. The smallest absolute Gasteiger partial charge is 0.127 e. The summed E-state index contributed by atoms with van der Waals surface area (Å²) < 4.78 is 14.7. The van der Waals surface area contributed by atoms with Crippen molar-refractivity contribution < 1.29 is 4.39 Å². The van der Waals surface area contributed by atoms with E-state index >= 15 is 0 Å². The molecule has 0 atom stereocenters. The number of hydrogen-bond acceptors (Lipinski definition) is 2. The van der Waals surface area contributed by atoms with Crippen LogP contribution in [0.1, 0.15) is 12.0 Å². The van der Waals surface area contributed by atoms with Crippen LogP contribution in [0, 0.1) is 9.39 Å². The minimum absolute atomic E-state index is 0.0553. The van der Waals surface area contributed by atoms with Crippen molar-refractivity contribution in [2.24, 2.45) is 0 Å². The molecule has 1 aliphatic heterocycles. The zero-order valence-electron chi connectivity index (χ0n) is 10.8. The molecule has 1 aromatic rings. The molecule has 2 nitrogen and oxygen atoms in total. The maximum absolute atomic E-state index is 13.6. The number of halogens is 2. The second kappa shape index (κ2) is 6.82. The SMILES string of the molecule is CN1CCN(CCCc2c(F)cccc2I)CC1. The minimum atomic E-state index is -0.0553. The fourth-order valence-electron chi connectivity index (χ4n) is 2.32. The van der Waals surface area contributed by atoms with E-state index in [9.17, 15) is 4.39 Å². The summed E-state index contributed by atoms with van der Waals surface area (Å²) in [4.78, 5) is 4.84. The first-order valence-electron chi connectivity index (χ1n) is 6.50. The molecule has 4 heteroatoms. The standard InChI is InChI=1S/C14H20FIN2/c1-17-8-10-18(11-9-17)7-3-4-12-13(15)5-2-6-14(12)16/h2,5-6H,3-4,7-11H2,1H3. The van der Waals surface area contributed by atoms with Gasteiger partial charge in [-0.25, -0.2) is 4.39 Å². The molecule has 0 amide bonds. The van der Waals surface area contributed by atoms with Gasteiger partial charge in [-0.15, -0.1) is 0 Å². The molecule has 0 spiro atoms. The third-order valence-corrected chi connectivity index (χ3v) is 4.57. The molecule has 0 saturated carbocycles. The first-order chi connectivity index (χ1) is 8.66. The molecule has 1 aromatic carbocycles. The molecule has 0 radical (unpaired) electrons. The largest absolute Gasteiger partial charge is 0.304 e. The summed E-state index contributed by atoms with van der Waals surface area (Å²) in [6, 6.07) is 5.32. The number of hydrogen-bond donors (Lipinski definition) is 0. The highest BCUT2D eigenvalue weighted by Crippen LogP contribution is 2.17. The fraction of sp³-hybridized carbons (Fsp3) is 0.571. The van der Waals surface area contributed by atoms with Crippen LogP contribution < -0.4 is 0 Å². The highest BCUT2D eigenvalue weighted by atomic mass is 127. The number of nitrogens with zero attached hydrogens (tertiary/aromatic N) is 2. The Balaban J connectivity index is 1.78. The highest BCUT2D eigenvalue weighted by molar-refractivity contribution is 14.1. The minimum Gasteiger partial charge on any atom is -0.304 e. The van der Waals surface area contributed by atoms with E-state index in [0.29, 0.717) is 0 Å². The molecule has 0 aromatic heterocycles. The lowest BCUT2D eigenvalue weighted by Crippen LogP contribution is -2.44. The van der Waals surface area contributed by atoms with E-state index in [1.165, 1.54) is 0 Å². The van der Waals surface area contributed by atoms with Crippen molar-refractivity contribution >= 4 is 22.6 Å². The van der Waals surface area contributed by atoms with Crippen molar-refractivity contribution in [3.63, 3.8) is 0 Å². The summed E-state index contributed by atoms with van der Waals surface area (Å²) in [5.41, 5.74) is 0.882. The van der Waals surface area contributed by atoms with Crippen molar-refractivity contribution in [3.8, 4) is 0 Å². The van der Waals surface area contributed by atoms with Crippen LogP contribution in [0.15, 0.2) is 18.2 Å². The van der Waals surface area contributed by atoms with E-state index in [1.807, 2.05) is 6.07 Å². The van der Waals surface area contributed by atoms with Crippen LogP contribution >= 0.6 is 22.6 Å². The lowest BCUT2D eigenvalue weighted by molar-refractivity contribution is 0.153. The number of likely N-dealkylation sites (N-methyl/N-ethyl adjacent to an activating group) is 1. The monoisotopic (exact) mass is 362 g/mol. The lowest BCUT2D eigenvalue weighted by Gasteiger charge is -2.32. The van der Waals surface area contributed by atoms with Gasteiger partial charge in [-0.3, -0.25) is 0 Å². The van der Waals surface area contributed by atoms with Crippen molar-refractivity contribution in [1.29, 1.82) is 0 Å². The third-order valence-electron chi connectivity index (χ3n) is 3.56. The Bertz CT molecular complexity index is 369. The maximum Gasteiger partial charge on any atom is 0.127 e. The molecule has 18 heavy (non-hydrogen) atoms. The molecule has 1 saturated heterocycles. The number of rotatable bonds is 4. The van der Waals surface area contributed by atoms with Gasteiger partial charge in [0.1, 0.15) is 5.82 Å². The van der Waals surface area contributed by atoms with Gasteiger partial charge in [0, 0.05) is 35.3 Å². The van der Waals surface area contributed by atoms with Gasteiger partial charge >= 0.3 is 0 Å². The zero-order valence-corrected chi connectivity index (χ0v) is 13.0. The van der Waals surface area contributed by atoms with Gasteiger partial charge in [-0.1, -0.05) is 6.07 Å². The van der Waals surface area contributed by atoms with Crippen LogP contribution in [0.3, 0.4) is 0 Å². The molecular formula is C14H20FIN2. The first-order valence-corrected chi connectivity index (χ1v) is 7.58. The average Bonchev–Trinajstić information content (AvgIpc) is 2.35. The van der Waals surface area contributed by atoms with Crippen LogP contribution in [0.2, 0.25) is 0 Å². The van der Waals surface area contributed by atoms with E-state index in [4.69, 9.17) is 0 Å². The molecule has 2 rings (SSSR count). The maximum atomic E-state index is 13.6. The summed E-state index contributed by atoms with van der Waals surface area (Å²) >= 11 is 2.22. The van der Waals surface area contributed by atoms with Gasteiger partial charge in [-0.05, 0) is 61.2 Å². The van der Waals surface area contributed by atoms with Crippen molar-refractivity contribution in [2.75, 3.05) is 39.8 Å². The molecule has 1 fully saturated rings. The highest BCUT2D eigenvalue weighted by Gasteiger charge is 2.13. The van der Waals surface area contributed by atoms with Gasteiger partial charge in [0.2, 0.25) is 0 Å². The van der Waals surface area contributed by atoms with Crippen LogP contribution in [0.4, 0.5) is 4.39 Å². The van der Waals surface area contributed by atoms with E-state index in [1.54, 1.807) is 12.1 Å². The predicted octanol–water partition coefficient (Wildman–Crippen LogP) is 2.61. The summed E-state index contributed by atoms with van der Waals surface area (Å²) in [5, 5.41) is 0. The summed E-state index contributed by atoms with van der Waals surface area (Å²) in [6.07, 6.45) is 1.89. The van der Waals surface area contributed by atoms with E-state index in [2.05, 4.69) is 39.4 Å². The first kappa shape index (κ1) is 14.2. The Hall–Kier alpha value is -0.200. The Morgan fingerprint density at radius 1 is 1.22 bits per heavy atom. The quantitative estimate of drug-likeness (QED) is 0.760. The Labute approximate surface area is 122 Å². The van der Waals surface area contributed by atoms with Gasteiger partial charge in [0.25, 0.3) is 0 Å². The van der Waals surface area contributed by atoms with Crippen molar-refractivity contribution in [1.82, 2.24) is 9.80 Å². The average molecular weight is 362 g/mol. The second-order valence-corrected chi connectivity index (χ2v) is 6.11. The lowest BCUT2D eigenvalue weighted by atomic mass is 10.1. The molecular weight excluding hydrogens is 342 g/mol. The third kappa shape index (κ3) is 3.90. The zero-order chi connectivity index (χ0) is 13.0. The predicted molar refractivity (Wildman–Crippen MR) is 81.4 cm³/mol. The van der Waals surface area contributed by atoms with Crippen molar-refractivity contribution in [2.45, 2.75) is 12.8 Å². The molecule has 1 heterocycles. The summed E-state index contributed by atoms with van der Waals surface area (Å²) in [7, 11) is 2.17. The Kier molecular flexibility index (Phi) is 5.38. The molecule has 0 bridgehead atoms. The van der Waals surface area contributed by atoms with Crippen LogP contribution in [0.25, 0.3) is 0 Å². The topological polar surface area (TPSA) is 6.48 Å². The van der Waals surface area contributed by atoms with Gasteiger partial charge in [0.15, 0.2) is 0 Å². The normalized spacial score (nSPS) is 18.2. The summed E-state index contributed by atoms with van der Waals surface area (Å²) in [5.74, 6) is -0.0553. The van der Waals surface area contributed by atoms with Gasteiger partial charge in [-0.2, -0.15) is 0 Å². The molecule has 1 aliphatic rings. The van der Waals surface area contributed by atoms with Crippen LogP contribution in [-0.4, -0.2) is 49.6 Å². The molecule has 0 aliphatic carbocycles. The summed E-state index contributed by atoms with van der Waals surface area (Å²) in [6.45, 7) is 5.67. The van der Waals surface area contributed by atoms with Crippen molar-refractivity contribution in [3.05, 3.63) is 33.1 Å². The Morgan fingerprint density at radius 3 is 2.61 bits per heavy atom. The van der Waals surface area contributed by atoms with Crippen LogP contribution in [0.5, 0.6) is 0 Å². The number of benzene rings is 1. The fourth-order valence-corrected chi connectivity index (χ4v) is 3.06. The van der Waals surface area contributed by atoms with Gasteiger partial charge in [0.05, 0.1) is 0 Å². The van der Waals surface area contributed by atoms with Crippen LogP contribution in [-0.2, 0) is 6.42 Å². The Morgan fingerprint density at radius 2 is 1.94 bits per heavy atom.